The number of methoxy groups -OCH3 is 1. The number of nitrogens with one attached hydrogen (secondary N) is 1. The van der Waals surface area contributed by atoms with Crippen LogP contribution < -0.4 is 14.8 Å². The summed E-state index contributed by atoms with van der Waals surface area (Å²) in [5.74, 6) is -0.193. The van der Waals surface area contributed by atoms with Gasteiger partial charge in [0.2, 0.25) is 0 Å². The lowest BCUT2D eigenvalue weighted by molar-refractivity contribution is -0.143. The Morgan fingerprint density at radius 3 is 2.55 bits per heavy atom. The van der Waals surface area contributed by atoms with E-state index >= 15 is 0 Å². The van der Waals surface area contributed by atoms with Crippen LogP contribution in [-0.4, -0.2) is 32.2 Å². The van der Waals surface area contributed by atoms with Gasteiger partial charge in [-0.15, -0.1) is 0 Å². The maximum absolute atomic E-state index is 12.6. The molecule has 2 aromatic rings. The van der Waals surface area contributed by atoms with Crippen LogP contribution in [0.4, 0.5) is 0 Å². The van der Waals surface area contributed by atoms with E-state index in [1.807, 2.05) is 72.8 Å². The molecule has 0 radical (unpaired) electrons. The highest BCUT2D eigenvalue weighted by atomic mass is 127. The van der Waals surface area contributed by atoms with Crippen molar-refractivity contribution >= 4 is 40.5 Å². The van der Waals surface area contributed by atoms with Gasteiger partial charge in [0.1, 0.15) is 11.6 Å². The number of hydrogen-bond donors (Lipinski definition) is 1. The number of halogens is 1. The molecule has 0 aliphatic rings. The summed E-state index contributed by atoms with van der Waals surface area (Å²) >= 11 is 2.04. The van der Waals surface area contributed by atoms with E-state index in [0.717, 1.165) is 5.56 Å². The van der Waals surface area contributed by atoms with Crippen molar-refractivity contribution in [3.63, 3.8) is 0 Å². The lowest BCUT2D eigenvalue weighted by Crippen LogP contribution is -2.27. The predicted octanol–water partition coefficient (Wildman–Crippen LogP) is 4.03. The molecule has 0 saturated carbocycles. The molecule has 7 nitrogen and oxygen atoms in total. The average molecular weight is 534 g/mol. The Morgan fingerprint density at radius 2 is 1.94 bits per heavy atom. The minimum absolute atomic E-state index is 0.0377. The predicted molar refractivity (Wildman–Crippen MR) is 124 cm³/mol. The van der Waals surface area contributed by atoms with Crippen molar-refractivity contribution in [1.82, 2.24) is 5.32 Å². The topological polar surface area (TPSA) is 97.6 Å². The number of nitrogens with zero attached hydrogens (tertiary/aromatic N) is 1. The quantitative estimate of drug-likeness (QED) is 0.226. The van der Waals surface area contributed by atoms with Gasteiger partial charge in [-0.3, -0.25) is 4.79 Å². The molecule has 162 valence electrons. The van der Waals surface area contributed by atoms with E-state index in [4.69, 9.17) is 9.47 Å². The molecule has 0 fully saturated rings. The maximum Gasteiger partial charge on any atom is 0.343 e. The minimum atomic E-state index is -0.516. The summed E-state index contributed by atoms with van der Waals surface area (Å²) < 4.78 is 16.4. The molecule has 0 heterocycles. The third kappa shape index (κ3) is 7.00. The molecule has 2 rings (SSSR count). The van der Waals surface area contributed by atoms with Gasteiger partial charge in [-0.2, -0.15) is 5.26 Å². The summed E-state index contributed by atoms with van der Waals surface area (Å²) in [6.45, 7) is 3.79. The van der Waals surface area contributed by atoms with Gasteiger partial charge in [0.15, 0.2) is 18.1 Å². The highest BCUT2D eigenvalue weighted by Crippen LogP contribution is 2.35. The summed E-state index contributed by atoms with van der Waals surface area (Å²) in [6.07, 6.45) is 1.49. The normalized spacial score (nSPS) is 11.8. The van der Waals surface area contributed by atoms with Crippen molar-refractivity contribution in [3.05, 3.63) is 62.7 Å². The number of esters is 1. The van der Waals surface area contributed by atoms with E-state index in [0.29, 0.717) is 27.2 Å². The van der Waals surface area contributed by atoms with Crippen LogP contribution in [0.2, 0.25) is 0 Å². The molecule has 0 aliphatic carbocycles. The zero-order chi connectivity index (χ0) is 22.8. The zero-order valence-corrected chi connectivity index (χ0v) is 19.6. The summed E-state index contributed by atoms with van der Waals surface area (Å²) in [5.41, 5.74) is 1.50. The zero-order valence-electron chi connectivity index (χ0n) is 17.5. The van der Waals surface area contributed by atoms with Crippen molar-refractivity contribution in [2.24, 2.45) is 0 Å². The van der Waals surface area contributed by atoms with E-state index < -0.39 is 11.9 Å². The number of ether oxygens (including phenoxy) is 3. The Balaban J connectivity index is 2.27. The van der Waals surface area contributed by atoms with Gasteiger partial charge >= 0.3 is 5.97 Å². The molecule has 0 saturated heterocycles. The van der Waals surface area contributed by atoms with Gasteiger partial charge in [0.25, 0.3) is 5.91 Å². The molecular weight excluding hydrogens is 511 g/mol. The first kappa shape index (κ1) is 24.2. The number of benzene rings is 2. The second kappa shape index (κ2) is 12.0. The fraction of sp³-hybridized carbons (Fsp3) is 0.261. The Morgan fingerprint density at radius 1 is 1.23 bits per heavy atom. The van der Waals surface area contributed by atoms with Crippen molar-refractivity contribution < 1.29 is 23.8 Å². The first-order valence-corrected chi connectivity index (χ1v) is 10.6. The SMILES string of the molecule is CCOc1cc(/C=C(/C#N)C(=O)N[C@H](C)c2ccccc2)cc(I)c1OCC(=O)OC. The third-order valence-corrected chi connectivity index (χ3v) is 5.02. The Bertz CT molecular complexity index is 999. The number of nitriles is 1. The molecular formula is C23H23IN2O5. The average Bonchev–Trinajstić information content (AvgIpc) is 2.77. The summed E-state index contributed by atoms with van der Waals surface area (Å²) in [4.78, 5) is 24.0. The molecule has 2 aromatic carbocycles. The Hall–Kier alpha value is -3.06. The largest absolute Gasteiger partial charge is 0.490 e. The van der Waals surface area contributed by atoms with Gasteiger partial charge in [0, 0.05) is 0 Å². The lowest BCUT2D eigenvalue weighted by atomic mass is 10.1. The van der Waals surface area contributed by atoms with Crippen LogP contribution in [0.5, 0.6) is 11.5 Å². The van der Waals surface area contributed by atoms with Crippen LogP contribution >= 0.6 is 22.6 Å². The Kier molecular flexibility index (Phi) is 9.34. The number of carbonyl (C=O) groups is 2. The lowest BCUT2D eigenvalue weighted by Gasteiger charge is -2.15. The molecule has 0 aliphatic heterocycles. The molecule has 1 atom stereocenters. The monoisotopic (exact) mass is 534 g/mol. The molecule has 8 heteroatoms. The first-order valence-electron chi connectivity index (χ1n) is 9.53. The number of rotatable bonds is 9. The fourth-order valence-corrected chi connectivity index (χ4v) is 3.46. The molecule has 0 spiro atoms. The Labute approximate surface area is 195 Å². The molecule has 0 bridgehead atoms. The van der Waals surface area contributed by atoms with Crippen LogP contribution in [0.25, 0.3) is 6.08 Å². The summed E-state index contributed by atoms with van der Waals surface area (Å²) in [6, 6.07) is 14.6. The standard InChI is InChI=1S/C23H23IN2O5/c1-4-30-20-12-16(11-19(24)22(20)31-14-21(27)29-3)10-18(13-25)23(28)26-15(2)17-8-6-5-7-9-17/h5-12,15H,4,14H2,1-3H3,(H,26,28)/b18-10-/t15-/m1/s1. The van der Waals surface area contributed by atoms with Crippen LogP contribution in [0.3, 0.4) is 0 Å². The minimum Gasteiger partial charge on any atom is -0.490 e. The second-order valence-corrected chi connectivity index (χ2v) is 7.57. The number of hydrogen-bond acceptors (Lipinski definition) is 6. The van der Waals surface area contributed by atoms with E-state index in [9.17, 15) is 14.9 Å². The van der Waals surface area contributed by atoms with Crippen molar-refractivity contribution in [1.29, 1.82) is 5.26 Å². The van der Waals surface area contributed by atoms with Gasteiger partial charge < -0.3 is 19.5 Å². The van der Waals surface area contributed by atoms with E-state index in [1.54, 1.807) is 12.1 Å². The molecule has 1 N–H and O–H groups in total. The van der Waals surface area contributed by atoms with Gasteiger partial charge in [-0.25, -0.2) is 4.79 Å². The second-order valence-electron chi connectivity index (χ2n) is 6.40. The van der Waals surface area contributed by atoms with Gasteiger partial charge in [-0.1, -0.05) is 30.3 Å². The van der Waals surface area contributed by atoms with E-state index in [-0.39, 0.29) is 18.2 Å². The third-order valence-electron chi connectivity index (χ3n) is 4.22. The highest BCUT2D eigenvalue weighted by Gasteiger charge is 2.17. The van der Waals surface area contributed by atoms with E-state index in [1.165, 1.54) is 13.2 Å². The first-order chi connectivity index (χ1) is 14.9. The summed E-state index contributed by atoms with van der Waals surface area (Å²) in [5, 5.41) is 12.4. The van der Waals surface area contributed by atoms with Crippen LogP contribution in [0.1, 0.15) is 31.0 Å². The van der Waals surface area contributed by atoms with E-state index in [2.05, 4.69) is 10.1 Å². The van der Waals surface area contributed by atoms with Crippen LogP contribution in [-0.2, 0) is 14.3 Å². The number of carbonyl (C=O) groups excluding carboxylic acids is 2. The molecule has 0 aromatic heterocycles. The van der Waals surface area contributed by atoms with Crippen molar-refractivity contribution in [2.45, 2.75) is 19.9 Å². The van der Waals surface area contributed by atoms with Gasteiger partial charge in [-0.05, 0) is 65.8 Å². The van der Waals surface area contributed by atoms with Crippen LogP contribution in [0.15, 0.2) is 48.0 Å². The van der Waals surface area contributed by atoms with Gasteiger partial charge in [0.05, 0.1) is 23.3 Å². The van der Waals surface area contributed by atoms with Crippen molar-refractivity contribution in [3.8, 4) is 17.6 Å². The maximum atomic E-state index is 12.6. The van der Waals surface area contributed by atoms with Crippen LogP contribution in [0, 0.1) is 14.9 Å². The molecule has 31 heavy (non-hydrogen) atoms. The highest BCUT2D eigenvalue weighted by molar-refractivity contribution is 14.1. The van der Waals surface area contributed by atoms with Crippen molar-refractivity contribution in [2.75, 3.05) is 20.3 Å². The number of amides is 1. The molecule has 0 unspecified atom stereocenters. The summed E-state index contributed by atoms with van der Waals surface area (Å²) in [7, 11) is 1.28. The fourth-order valence-electron chi connectivity index (χ4n) is 2.68. The molecule has 1 amide bonds. The smallest absolute Gasteiger partial charge is 0.343 e.